The third kappa shape index (κ3) is 4.66. The van der Waals surface area contributed by atoms with Gasteiger partial charge in [-0.2, -0.15) is 4.31 Å². The normalized spacial score (nSPS) is 12.9. The van der Waals surface area contributed by atoms with Crippen molar-refractivity contribution in [3.63, 3.8) is 0 Å². The van der Waals surface area contributed by atoms with Crippen LogP contribution in [0, 0.1) is 6.92 Å². The lowest BCUT2D eigenvalue weighted by Gasteiger charge is -2.26. The zero-order valence-corrected chi connectivity index (χ0v) is 14.6. The molecule has 1 aromatic carbocycles. The SMILES string of the molecule is CC(=O)NCCN(C(C)C(=O)O)S(=O)(=O)c1cccc(Cl)c1C. The van der Waals surface area contributed by atoms with Crippen molar-refractivity contribution in [3.8, 4) is 0 Å². The molecule has 1 rings (SSSR count). The molecule has 0 saturated heterocycles. The maximum atomic E-state index is 12.8. The van der Waals surface area contributed by atoms with Gasteiger partial charge < -0.3 is 10.4 Å². The van der Waals surface area contributed by atoms with Gasteiger partial charge in [0.05, 0.1) is 4.90 Å². The number of hydrogen-bond donors (Lipinski definition) is 2. The van der Waals surface area contributed by atoms with E-state index in [1.165, 1.54) is 26.0 Å². The van der Waals surface area contributed by atoms with Crippen LogP contribution in [0.1, 0.15) is 19.4 Å². The quantitative estimate of drug-likeness (QED) is 0.759. The van der Waals surface area contributed by atoms with E-state index < -0.39 is 22.0 Å². The van der Waals surface area contributed by atoms with Crippen molar-refractivity contribution >= 4 is 33.5 Å². The Kier molecular flexibility index (Phi) is 6.55. The van der Waals surface area contributed by atoms with Crippen molar-refractivity contribution in [1.82, 2.24) is 9.62 Å². The molecule has 1 atom stereocenters. The number of amides is 1. The number of carboxylic acid groups (broad SMARTS) is 1. The van der Waals surface area contributed by atoms with Gasteiger partial charge in [-0.1, -0.05) is 17.7 Å². The van der Waals surface area contributed by atoms with E-state index in [0.29, 0.717) is 5.56 Å². The van der Waals surface area contributed by atoms with E-state index in [1.807, 2.05) is 0 Å². The van der Waals surface area contributed by atoms with Gasteiger partial charge in [-0.3, -0.25) is 9.59 Å². The molecule has 0 radical (unpaired) electrons. The molecule has 0 bridgehead atoms. The Hall–Kier alpha value is -1.64. The van der Waals surface area contributed by atoms with Crippen LogP contribution in [-0.4, -0.2) is 48.8 Å². The zero-order chi connectivity index (χ0) is 17.8. The van der Waals surface area contributed by atoms with Crippen LogP contribution in [0.25, 0.3) is 0 Å². The summed E-state index contributed by atoms with van der Waals surface area (Å²) >= 11 is 5.96. The largest absolute Gasteiger partial charge is 0.480 e. The molecule has 1 amide bonds. The number of rotatable bonds is 7. The molecule has 7 nitrogen and oxygen atoms in total. The molecule has 0 heterocycles. The first-order valence-electron chi connectivity index (χ1n) is 6.83. The highest BCUT2D eigenvalue weighted by atomic mass is 35.5. The number of sulfonamides is 1. The van der Waals surface area contributed by atoms with E-state index in [2.05, 4.69) is 5.32 Å². The van der Waals surface area contributed by atoms with Crippen molar-refractivity contribution in [2.75, 3.05) is 13.1 Å². The van der Waals surface area contributed by atoms with Crippen LogP contribution >= 0.6 is 11.6 Å². The van der Waals surface area contributed by atoms with Crippen LogP contribution in [-0.2, 0) is 19.6 Å². The molecule has 0 aromatic heterocycles. The van der Waals surface area contributed by atoms with Crippen LogP contribution in [0.5, 0.6) is 0 Å². The molecule has 128 valence electrons. The lowest BCUT2D eigenvalue weighted by atomic mass is 10.2. The van der Waals surface area contributed by atoms with Gasteiger partial charge in [-0.25, -0.2) is 8.42 Å². The molecule has 0 aliphatic rings. The molecule has 0 aliphatic carbocycles. The van der Waals surface area contributed by atoms with Crippen molar-refractivity contribution in [1.29, 1.82) is 0 Å². The first kappa shape index (κ1) is 19.4. The fourth-order valence-electron chi connectivity index (χ4n) is 1.98. The minimum atomic E-state index is -4.08. The second-order valence-corrected chi connectivity index (χ2v) is 7.24. The van der Waals surface area contributed by atoms with Crippen molar-refractivity contribution in [2.45, 2.75) is 31.7 Å². The van der Waals surface area contributed by atoms with Gasteiger partial charge in [0.15, 0.2) is 0 Å². The minimum Gasteiger partial charge on any atom is -0.480 e. The maximum absolute atomic E-state index is 12.8. The van der Waals surface area contributed by atoms with Crippen molar-refractivity contribution in [3.05, 3.63) is 28.8 Å². The third-order valence-electron chi connectivity index (χ3n) is 3.30. The minimum absolute atomic E-state index is 0.00575. The summed E-state index contributed by atoms with van der Waals surface area (Å²) in [6.07, 6.45) is 0. The van der Waals surface area contributed by atoms with Crippen molar-refractivity contribution in [2.24, 2.45) is 0 Å². The molecule has 0 fully saturated rings. The first-order chi connectivity index (χ1) is 10.6. The van der Waals surface area contributed by atoms with E-state index in [4.69, 9.17) is 11.6 Å². The fourth-order valence-corrected chi connectivity index (χ4v) is 4.05. The van der Waals surface area contributed by atoms with E-state index in [-0.39, 0.29) is 28.9 Å². The van der Waals surface area contributed by atoms with Crippen LogP contribution in [0.3, 0.4) is 0 Å². The smallest absolute Gasteiger partial charge is 0.321 e. The zero-order valence-electron chi connectivity index (χ0n) is 13.0. The Morgan fingerprint density at radius 2 is 2.00 bits per heavy atom. The summed E-state index contributed by atoms with van der Waals surface area (Å²) in [5.41, 5.74) is 0.344. The number of hydrogen-bond acceptors (Lipinski definition) is 4. The van der Waals surface area contributed by atoms with E-state index >= 15 is 0 Å². The van der Waals surface area contributed by atoms with Crippen LogP contribution in [0.2, 0.25) is 5.02 Å². The van der Waals surface area contributed by atoms with Gasteiger partial charge in [-0.15, -0.1) is 0 Å². The summed E-state index contributed by atoms with van der Waals surface area (Å²) in [7, 11) is -4.08. The van der Waals surface area contributed by atoms with Gasteiger partial charge in [0.1, 0.15) is 6.04 Å². The molecule has 9 heteroatoms. The number of carbonyl (C=O) groups excluding carboxylic acids is 1. The Morgan fingerprint density at radius 3 is 2.52 bits per heavy atom. The number of nitrogens with one attached hydrogen (secondary N) is 1. The number of nitrogens with zero attached hydrogens (tertiary/aromatic N) is 1. The summed E-state index contributed by atoms with van der Waals surface area (Å²) in [4.78, 5) is 22.1. The molecule has 1 unspecified atom stereocenters. The Bertz CT molecular complexity index is 705. The molecule has 0 aliphatic heterocycles. The number of carbonyl (C=O) groups is 2. The second-order valence-electron chi connectivity index (χ2n) is 4.98. The molecular formula is C14H19ClN2O5S. The summed E-state index contributed by atoms with van der Waals surface area (Å²) in [5, 5.41) is 11.9. The summed E-state index contributed by atoms with van der Waals surface area (Å²) in [5.74, 6) is -1.61. The lowest BCUT2D eigenvalue weighted by molar-refractivity contribution is -0.140. The van der Waals surface area contributed by atoms with E-state index in [0.717, 1.165) is 4.31 Å². The number of halogens is 1. The standard InChI is InChI=1S/C14H19ClN2O5S/c1-9-12(15)5-4-6-13(9)23(21,22)17(10(2)14(19)20)8-7-16-11(3)18/h4-6,10H,7-8H2,1-3H3,(H,16,18)(H,19,20). The summed E-state index contributed by atoms with van der Waals surface area (Å²) in [6, 6.07) is 3.13. The Labute approximate surface area is 140 Å². The van der Waals surface area contributed by atoms with Gasteiger partial charge in [0.2, 0.25) is 15.9 Å². The topological polar surface area (TPSA) is 104 Å². The monoisotopic (exact) mass is 362 g/mol. The molecule has 23 heavy (non-hydrogen) atoms. The van der Waals surface area contributed by atoms with Crippen LogP contribution in [0.15, 0.2) is 23.1 Å². The molecule has 0 spiro atoms. The van der Waals surface area contributed by atoms with Crippen molar-refractivity contribution < 1.29 is 23.1 Å². The number of benzene rings is 1. The van der Waals surface area contributed by atoms with Gasteiger partial charge in [0.25, 0.3) is 0 Å². The molecule has 0 saturated carbocycles. The van der Waals surface area contributed by atoms with Gasteiger partial charge in [-0.05, 0) is 31.5 Å². The van der Waals surface area contributed by atoms with E-state index in [9.17, 15) is 23.1 Å². The van der Waals surface area contributed by atoms with Crippen LogP contribution < -0.4 is 5.32 Å². The number of aliphatic carboxylic acids is 1. The third-order valence-corrected chi connectivity index (χ3v) is 5.82. The van der Waals surface area contributed by atoms with Gasteiger partial charge in [0, 0.05) is 25.0 Å². The summed E-state index contributed by atoms with van der Waals surface area (Å²) in [6.45, 7) is 3.95. The summed E-state index contributed by atoms with van der Waals surface area (Å²) < 4.78 is 26.5. The Balaban J connectivity index is 3.25. The second kappa shape index (κ2) is 7.76. The predicted octanol–water partition coefficient (Wildman–Crippen LogP) is 1.25. The molecule has 1 aromatic rings. The first-order valence-corrected chi connectivity index (χ1v) is 8.65. The fraction of sp³-hybridized carbons (Fsp3) is 0.429. The van der Waals surface area contributed by atoms with E-state index in [1.54, 1.807) is 13.0 Å². The highest BCUT2D eigenvalue weighted by Crippen LogP contribution is 2.26. The highest BCUT2D eigenvalue weighted by molar-refractivity contribution is 7.89. The average Bonchev–Trinajstić information content (AvgIpc) is 2.45. The molecular weight excluding hydrogens is 344 g/mol. The van der Waals surface area contributed by atoms with Crippen LogP contribution in [0.4, 0.5) is 0 Å². The lowest BCUT2D eigenvalue weighted by Crippen LogP contribution is -2.46. The number of carboxylic acids is 1. The highest BCUT2D eigenvalue weighted by Gasteiger charge is 2.33. The maximum Gasteiger partial charge on any atom is 0.321 e. The average molecular weight is 363 g/mol. The Morgan fingerprint density at radius 1 is 1.39 bits per heavy atom. The van der Waals surface area contributed by atoms with Gasteiger partial charge >= 0.3 is 5.97 Å². The molecule has 2 N–H and O–H groups in total. The predicted molar refractivity (Wildman–Crippen MR) is 85.9 cm³/mol.